The van der Waals surface area contributed by atoms with Crippen LogP contribution in [0.25, 0.3) is 0 Å². The van der Waals surface area contributed by atoms with Gasteiger partial charge in [-0.2, -0.15) is 0 Å². The van der Waals surface area contributed by atoms with Crippen LogP contribution in [0.4, 0.5) is 0 Å². The Bertz CT molecular complexity index is 64.9. The molecule has 2 N–H and O–H groups in total. The van der Waals surface area contributed by atoms with Gasteiger partial charge in [0.1, 0.15) is 0 Å². The molecule has 0 unspecified atom stereocenters. The number of halogens is 3. The van der Waals surface area contributed by atoms with Gasteiger partial charge in [0.2, 0.25) is 0 Å². The van der Waals surface area contributed by atoms with Crippen molar-refractivity contribution in [1.82, 2.24) is 0 Å². The fourth-order valence-electron chi connectivity index (χ4n) is 0.316. The van der Waals surface area contributed by atoms with E-state index in [1.54, 1.807) is 0 Å². The van der Waals surface area contributed by atoms with Crippen molar-refractivity contribution in [2.45, 2.75) is 39.5 Å². The topological polar surface area (TPSA) is 40.5 Å². The molecule has 0 heterocycles. The summed E-state index contributed by atoms with van der Waals surface area (Å²) < 4.78 is 0. The zero-order valence-electron chi connectivity index (χ0n) is 8.77. The molecule has 0 bridgehead atoms. The first-order valence-corrected chi connectivity index (χ1v) is 26.5. The molecule has 0 rings (SSSR count). The molecule has 0 spiro atoms. The number of hydrogen-bond donors (Lipinski definition) is 2. The number of rotatable bonds is 4. The molecule has 0 fully saturated rings. The molecule has 0 aromatic heterocycles. The molecule has 0 amide bonds. The molecule has 0 aliphatic carbocycles. The first kappa shape index (κ1) is 22.2. The van der Waals surface area contributed by atoms with Crippen LogP contribution in [0.1, 0.15) is 39.5 Å². The van der Waals surface area contributed by atoms with Crippen molar-refractivity contribution in [2.75, 3.05) is 13.2 Å². The molecular formula is C8H20I3O2Zr. The summed E-state index contributed by atoms with van der Waals surface area (Å²) >= 11 is 7.54. The number of hydrogen-bond acceptors (Lipinski definition) is 2. The Morgan fingerprint density at radius 1 is 0.857 bits per heavy atom. The van der Waals surface area contributed by atoms with Gasteiger partial charge < -0.3 is 10.2 Å². The van der Waals surface area contributed by atoms with Gasteiger partial charge in [-0.15, -0.1) is 0 Å². The Hall–Kier alpha value is 2.99. The molecule has 89 valence electrons. The predicted molar refractivity (Wildman–Crippen MR) is 86.0 cm³/mol. The van der Waals surface area contributed by atoms with Crippen LogP contribution >= 0.6 is 54.1 Å². The van der Waals surface area contributed by atoms with Crippen molar-refractivity contribution in [1.29, 1.82) is 0 Å². The minimum absolute atomic E-state index is 0.344. The van der Waals surface area contributed by atoms with Gasteiger partial charge in [-0.1, -0.05) is 26.7 Å². The van der Waals surface area contributed by atoms with E-state index in [9.17, 15) is 0 Å². The van der Waals surface area contributed by atoms with Crippen LogP contribution in [0, 0.1) is 0 Å². The molecule has 2 nitrogen and oxygen atoms in total. The van der Waals surface area contributed by atoms with Crippen LogP contribution in [0.3, 0.4) is 0 Å². The third-order valence-electron chi connectivity index (χ3n) is 1.02. The molecule has 0 aliphatic heterocycles. The third-order valence-corrected chi connectivity index (χ3v) is 1.02. The van der Waals surface area contributed by atoms with Crippen LogP contribution < -0.4 is 0 Å². The zero-order chi connectivity index (χ0) is 11.8. The van der Waals surface area contributed by atoms with E-state index in [0.29, 0.717) is 13.2 Å². The van der Waals surface area contributed by atoms with Crippen molar-refractivity contribution in [3.05, 3.63) is 0 Å². The molecule has 0 atom stereocenters. The van der Waals surface area contributed by atoms with E-state index in [2.05, 4.69) is 68.0 Å². The third kappa shape index (κ3) is 60.0. The summed E-state index contributed by atoms with van der Waals surface area (Å²) in [6.07, 6.45) is 4.08. The van der Waals surface area contributed by atoms with Gasteiger partial charge in [0.05, 0.1) is 0 Å². The quantitative estimate of drug-likeness (QED) is 0.463. The van der Waals surface area contributed by atoms with Crippen molar-refractivity contribution < 1.29 is 19.4 Å². The van der Waals surface area contributed by atoms with Crippen molar-refractivity contribution in [3.63, 3.8) is 0 Å². The Labute approximate surface area is 124 Å². The summed E-state index contributed by atoms with van der Waals surface area (Å²) in [5, 5.41) is 16.1. The molecule has 6 heteroatoms. The maximum atomic E-state index is 8.07. The van der Waals surface area contributed by atoms with Crippen LogP contribution in [-0.2, 0) is 9.18 Å². The van der Waals surface area contributed by atoms with Crippen molar-refractivity contribution >= 4 is 54.1 Å². The van der Waals surface area contributed by atoms with Gasteiger partial charge in [-0.05, 0) is 12.8 Å². The monoisotopic (exact) mass is 619 g/mol. The molecular weight excluding hydrogens is 600 g/mol. The average molecular weight is 620 g/mol. The summed E-state index contributed by atoms with van der Waals surface area (Å²) in [4.78, 5) is 0. The second-order valence-corrected chi connectivity index (χ2v) is 59.2. The van der Waals surface area contributed by atoms with Crippen molar-refractivity contribution in [3.8, 4) is 0 Å². The Morgan fingerprint density at radius 3 is 1.07 bits per heavy atom. The van der Waals surface area contributed by atoms with Crippen LogP contribution in [0.5, 0.6) is 0 Å². The summed E-state index contributed by atoms with van der Waals surface area (Å²) in [5.41, 5.74) is 0. The number of aliphatic hydroxyl groups is 2. The van der Waals surface area contributed by atoms with Crippen LogP contribution in [0.2, 0.25) is 0 Å². The first-order chi connectivity index (χ1) is 6.56. The molecule has 0 aromatic carbocycles. The normalized spacial score (nSPS) is 7.93. The zero-order valence-corrected chi connectivity index (χ0v) is 17.7. The summed E-state index contributed by atoms with van der Waals surface area (Å²) in [5.74, 6) is 0. The van der Waals surface area contributed by atoms with E-state index in [-0.39, 0.29) is 0 Å². The van der Waals surface area contributed by atoms with E-state index in [1.807, 2.05) is 0 Å². The van der Waals surface area contributed by atoms with E-state index < -0.39 is 9.18 Å². The molecule has 0 saturated carbocycles. The van der Waals surface area contributed by atoms with E-state index in [4.69, 9.17) is 10.2 Å². The van der Waals surface area contributed by atoms with Crippen molar-refractivity contribution in [2.24, 2.45) is 0 Å². The molecule has 0 radical (unpaired) electrons. The van der Waals surface area contributed by atoms with Gasteiger partial charge in [-0.3, -0.25) is 0 Å². The fraction of sp³-hybridized carbons (Fsp3) is 1.00. The Kier molecular flexibility index (Phi) is 39.6. The number of unbranched alkanes of at least 4 members (excludes halogenated alkanes) is 2. The summed E-state index contributed by atoms with van der Waals surface area (Å²) in [6, 6.07) is 0. The van der Waals surface area contributed by atoms with Gasteiger partial charge in [0.25, 0.3) is 0 Å². The van der Waals surface area contributed by atoms with E-state index >= 15 is 0 Å². The Morgan fingerprint density at radius 2 is 1.07 bits per heavy atom. The van der Waals surface area contributed by atoms with Gasteiger partial charge in [0, 0.05) is 13.2 Å². The number of aliphatic hydroxyl groups excluding tert-OH is 2. The SMILES string of the molecule is CCCCO.CCCCO.[I][Zr]([I])[I]. The summed E-state index contributed by atoms with van der Waals surface area (Å²) in [7, 11) is -0.633. The molecule has 0 aliphatic rings. The van der Waals surface area contributed by atoms with E-state index in [1.165, 1.54) is 0 Å². The maximum absolute atomic E-state index is 8.07. The molecule has 14 heavy (non-hydrogen) atoms. The molecule has 0 aromatic rings. The van der Waals surface area contributed by atoms with Crippen LogP contribution in [0.15, 0.2) is 0 Å². The summed E-state index contributed by atoms with van der Waals surface area (Å²) in [6.45, 7) is 4.79. The van der Waals surface area contributed by atoms with Gasteiger partial charge in [-0.25, -0.2) is 0 Å². The second kappa shape index (κ2) is 25.0. The second-order valence-electron chi connectivity index (χ2n) is 2.37. The van der Waals surface area contributed by atoms with Crippen LogP contribution in [-0.4, -0.2) is 23.4 Å². The van der Waals surface area contributed by atoms with Gasteiger partial charge in [0.15, 0.2) is 0 Å². The molecule has 0 saturated heterocycles. The standard InChI is InChI=1S/2C4H10O.3HI.Zr/c2*1-2-3-4-5;;;;/h2*5H,2-4H2,1H3;3*1H;/q;;;;;+3/p-3. The average Bonchev–Trinajstić information content (AvgIpc) is 2.07. The minimum atomic E-state index is -0.633. The van der Waals surface area contributed by atoms with Gasteiger partial charge >= 0.3 is 63.3 Å². The fourth-order valence-corrected chi connectivity index (χ4v) is 0.316. The first-order valence-electron chi connectivity index (χ1n) is 4.61. The Balaban J connectivity index is -0.000000131. The van der Waals surface area contributed by atoms with E-state index in [0.717, 1.165) is 25.7 Å². The predicted octanol–water partition coefficient (Wildman–Crippen LogP) is 4.21.